The summed E-state index contributed by atoms with van der Waals surface area (Å²) >= 11 is 1.83. The minimum atomic E-state index is -0.815. The molecule has 19 heavy (non-hydrogen) atoms. The van der Waals surface area contributed by atoms with Crippen LogP contribution >= 0.6 is 11.8 Å². The molecule has 0 unspecified atom stereocenters. The van der Waals surface area contributed by atoms with Crippen LogP contribution in [0.25, 0.3) is 0 Å². The lowest BCUT2D eigenvalue weighted by molar-refractivity contribution is 0.935. The number of rotatable bonds is 10. The van der Waals surface area contributed by atoms with Gasteiger partial charge in [-0.05, 0) is 23.7 Å². The highest BCUT2D eigenvalue weighted by molar-refractivity contribution is 8.04. The summed E-state index contributed by atoms with van der Waals surface area (Å²) in [4.78, 5) is 0. The van der Waals surface area contributed by atoms with Crippen molar-refractivity contribution in [2.75, 3.05) is 0 Å². The van der Waals surface area contributed by atoms with Gasteiger partial charge in [-0.15, -0.1) is 11.8 Å². The van der Waals surface area contributed by atoms with E-state index in [1.807, 2.05) is 11.8 Å². The monoisotopic (exact) mass is 314 g/mol. The van der Waals surface area contributed by atoms with Crippen molar-refractivity contribution < 1.29 is 0 Å². The van der Waals surface area contributed by atoms with Crippen molar-refractivity contribution in [3.05, 3.63) is 23.0 Å². The lowest BCUT2D eigenvalue weighted by Gasteiger charge is -2.14. The van der Waals surface area contributed by atoms with E-state index in [1.54, 1.807) is 0 Å². The predicted octanol–water partition coefficient (Wildman–Crippen LogP) is 6.98. The third kappa shape index (κ3) is 18.3. The molecule has 0 spiro atoms. The highest BCUT2D eigenvalue weighted by Gasteiger charge is 2.11. The maximum atomic E-state index is 2.45. The molecular weight excluding hydrogens is 280 g/mol. The fraction of sp³-hybridized carbons (Fsp3) is 0.750. The summed E-state index contributed by atoms with van der Waals surface area (Å²) in [5.74, 6) is 0. The summed E-state index contributed by atoms with van der Waals surface area (Å²) in [6.07, 6.45) is 9.90. The lowest BCUT2D eigenvalue weighted by Crippen LogP contribution is -2.18. The second-order valence-electron chi connectivity index (χ2n) is 7.79. The molecule has 0 heterocycles. The van der Waals surface area contributed by atoms with Gasteiger partial charge in [0.15, 0.2) is 0 Å². The molecule has 0 rings (SSSR count). The molecule has 0 nitrogen and oxygen atoms in total. The molecule has 0 bridgehead atoms. The quantitative estimate of drug-likeness (QED) is 0.309. The fourth-order valence-electron chi connectivity index (χ4n) is 1.79. The van der Waals surface area contributed by atoms with E-state index in [2.05, 4.69) is 62.3 Å². The Morgan fingerprint density at radius 2 is 1.05 bits per heavy atom. The topological polar surface area (TPSA) is 0 Å². The molecule has 112 valence electrons. The first-order valence-corrected chi connectivity index (χ1v) is 16.0. The van der Waals surface area contributed by atoms with Gasteiger partial charge >= 0.3 is 0 Å². The van der Waals surface area contributed by atoms with Crippen LogP contribution in [-0.4, -0.2) is 16.1 Å². The van der Waals surface area contributed by atoms with Gasteiger partial charge in [-0.2, -0.15) is 0 Å². The summed E-state index contributed by atoms with van der Waals surface area (Å²) < 4.78 is 0. The molecule has 0 aromatic carbocycles. The average molecular weight is 315 g/mol. The molecule has 0 atom stereocenters. The Morgan fingerprint density at radius 3 is 1.37 bits per heavy atom. The largest absolute Gasteiger partial charge is 0.107 e. The normalized spacial score (nSPS) is 13.8. The molecule has 0 saturated carbocycles. The maximum absolute atomic E-state index is 2.45. The third-order valence-corrected chi connectivity index (χ3v) is 7.35. The Hall–Kier alpha value is 0.264. The molecule has 0 aromatic heterocycles. The molecule has 0 fully saturated rings. The van der Waals surface area contributed by atoms with Crippen molar-refractivity contribution in [3.8, 4) is 0 Å². The SMILES string of the molecule is C[Si](C)(C)CCCC=CSC=CCCC[Si](C)(C)C. The molecule has 0 aliphatic rings. The second kappa shape index (κ2) is 10.1. The molecule has 0 saturated heterocycles. The van der Waals surface area contributed by atoms with Crippen molar-refractivity contribution in [2.24, 2.45) is 0 Å². The highest BCUT2D eigenvalue weighted by Crippen LogP contribution is 2.15. The van der Waals surface area contributed by atoms with Crippen molar-refractivity contribution in [3.63, 3.8) is 0 Å². The number of allylic oxidation sites excluding steroid dienone is 2. The van der Waals surface area contributed by atoms with Gasteiger partial charge in [0.05, 0.1) is 0 Å². The number of unbranched alkanes of at least 4 members (excludes halogenated alkanes) is 2. The van der Waals surface area contributed by atoms with Crippen LogP contribution in [0.1, 0.15) is 25.7 Å². The molecular formula is C16H34SSi2. The minimum Gasteiger partial charge on any atom is -0.107 e. The Kier molecular flexibility index (Phi) is 10.2. The molecule has 0 amide bonds. The van der Waals surface area contributed by atoms with Gasteiger partial charge in [0.1, 0.15) is 0 Å². The van der Waals surface area contributed by atoms with E-state index in [1.165, 1.54) is 37.8 Å². The first-order valence-electron chi connectivity index (χ1n) is 7.66. The molecule has 0 radical (unpaired) electrons. The van der Waals surface area contributed by atoms with Crippen molar-refractivity contribution in [2.45, 2.75) is 77.1 Å². The van der Waals surface area contributed by atoms with E-state index < -0.39 is 16.1 Å². The van der Waals surface area contributed by atoms with Crippen LogP contribution < -0.4 is 0 Å². The Morgan fingerprint density at radius 1 is 0.684 bits per heavy atom. The Labute approximate surface area is 128 Å². The van der Waals surface area contributed by atoms with Gasteiger partial charge in [0.2, 0.25) is 0 Å². The summed E-state index contributed by atoms with van der Waals surface area (Å²) in [6, 6.07) is 2.91. The van der Waals surface area contributed by atoms with Crippen LogP contribution in [0, 0.1) is 0 Å². The standard InChI is InChI=1S/C16H34SSi2/c1-18(2,3)15-11-7-9-13-17-14-10-8-12-16-19(4,5)6/h9-10,13-14H,7-8,11-12,15-16H2,1-6H3. The summed E-state index contributed by atoms with van der Waals surface area (Å²) in [7, 11) is -1.63. The molecule has 0 aliphatic heterocycles. The minimum absolute atomic E-state index is 0.815. The van der Waals surface area contributed by atoms with Crippen LogP contribution in [0.15, 0.2) is 23.0 Å². The van der Waals surface area contributed by atoms with Crippen LogP contribution in [0.4, 0.5) is 0 Å². The van der Waals surface area contributed by atoms with Gasteiger partial charge in [-0.25, -0.2) is 0 Å². The molecule has 0 aliphatic carbocycles. The van der Waals surface area contributed by atoms with E-state index >= 15 is 0 Å². The van der Waals surface area contributed by atoms with Crippen LogP contribution in [0.3, 0.4) is 0 Å². The first kappa shape index (κ1) is 19.3. The summed E-state index contributed by atoms with van der Waals surface area (Å²) in [5.41, 5.74) is 0. The summed E-state index contributed by atoms with van der Waals surface area (Å²) in [5, 5.41) is 4.50. The van der Waals surface area contributed by atoms with Crippen LogP contribution in [0.5, 0.6) is 0 Å². The van der Waals surface area contributed by atoms with E-state index in [0.29, 0.717) is 0 Å². The predicted molar refractivity (Wildman–Crippen MR) is 101 cm³/mol. The van der Waals surface area contributed by atoms with Crippen LogP contribution in [0.2, 0.25) is 51.4 Å². The zero-order chi connectivity index (χ0) is 14.8. The van der Waals surface area contributed by atoms with E-state index in [0.717, 1.165) is 0 Å². The Balaban J connectivity index is 3.43. The first-order chi connectivity index (χ1) is 8.71. The van der Waals surface area contributed by atoms with Gasteiger partial charge in [-0.3, -0.25) is 0 Å². The fourth-order valence-corrected chi connectivity index (χ4v) is 4.91. The van der Waals surface area contributed by atoms with Gasteiger partial charge in [-0.1, -0.05) is 76.4 Å². The summed E-state index contributed by atoms with van der Waals surface area (Å²) in [6.45, 7) is 14.7. The molecule has 0 N–H and O–H groups in total. The van der Waals surface area contributed by atoms with Gasteiger partial charge in [0.25, 0.3) is 0 Å². The third-order valence-electron chi connectivity index (χ3n) is 2.94. The van der Waals surface area contributed by atoms with E-state index in [4.69, 9.17) is 0 Å². The number of hydrogen-bond donors (Lipinski definition) is 0. The van der Waals surface area contributed by atoms with Gasteiger partial charge < -0.3 is 0 Å². The lowest BCUT2D eigenvalue weighted by atomic mass is 10.3. The van der Waals surface area contributed by atoms with E-state index in [9.17, 15) is 0 Å². The second-order valence-corrected chi connectivity index (χ2v) is 19.8. The van der Waals surface area contributed by atoms with Gasteiger partial charge in [0, 0.05) is 16.1 Å². The van der Waals surface area contributed by atoms with Crippen LogP contribution in [-0.2, 0) is 0 Å². The highest BCUT2D eigenvalue weighted by atomic mass is 32.2. The van der Waals surface area contributed by atoms with E-state index in [-0.39, 0.29) is 0 Å². The smallest absolute Gasteiger partial charge is 0.0442 e. The number of hydrogen-bond acceptors (Lipinski definition) is 1. The average Bonchev–Trinajstić information content (AvgIpc) is 2.22. The van der Waals surface area contributed by atoms with Crippen molar-refractivity contribution in [1.29, 1.82) is 0 Å². The molecule has 0 aromatic rings. The Bertz CT molecular complexity index is 241. The van der Waals surface area contributed by atoms with Crippen molar-refractivity contribution >= 4 is 27.9 Å². The maximum Gasteiger partial charge on any atom is 0.0442 e. The molecule has 3 heteroatoms. The number of thioether (sulfide) groups is 1. The zero-order valence-corrected chi connectivity index (χ0v) is 16.8. The van der Waals surface area contributed by atoms with Crippen molar-refractivity contribution in [1.82, 2.24) is 0 Å². The zero-order valence-electron chi connectivity index (χ0n) is 14.0.